The van der Waals surface area contributed by atoms with Gasteiger partial charge in [-0.15, -0.1) is 0 Å². The molecule has 9 heteroatoms. The Morgan fingerprint density at radius 2 is 1.52 bits per heavy atom. The summed E-state index contributed by atoms with van der Waals surface area (Å²) in [5.74, 6) is -1.25. The number of rotatable bonds is 11. The monoisotopic (exact) mass is 432 g/mol. The molecule has 168 valence electrons. The highest BCUT2D eigenvalue weighted by atomic mass is 16.5. The van der Waals surface area contributed by atoms with Crippen molar-refractivity contribution >= 4 is 24.2 Å². The topological polar surface area (TPSA) is 128 Å². The van der Waals surface area contributed by atoms with Crippen molar-refractivity contribution in [1.82, 2.24) is 9.97 Å². The van der Waals surface area contributed by atoms with E-state index in [0.717, 1.165) is 23.2 Å². The fourth-order valence-corrected chi connectivity index (χ4v) is 3.59. The van der Waals surface area contributed by atoms with Crippen LogP contribution in [0.5, 0.6) is 0 Å². The quantitative estimate of drug-likeness (QED) is 0.315. The van der Waals surface area contributed by atoms with Crippen LogP contribution in [0.25, 0.3) is 0 Å². The number of carbonyl (C=O) groups excluding carboxylic acids is 4. The summed E-state index contributed by atoms with van der Waals surface area (Å²) in [6.45, 7) is 1.99. The summed E-state index contributed by atoms with van der Waals surface area (Å²) >= 11 is 0. The molecule has 2 rings (SSSR count). The van der Waals surface area contributed by atoms with E-state index in [0.29, 0.717) is 29.5 Å². The number of aryl methyl sites for hydroxylation is 1. The first-order valence-corrected chi connectivity index (χ1v) is 9.94. The van der Waals surface area contributed by atoms with Crippen molar-refractivity contribution in [3.8, 4) is 0 Å². The Labute approximate surface area is 180 Å². The van der Waals surface area contributed by atoms with Crippen LogP contribution in [-0.2, 0) is 60.7 Å². The predicted molar refractivity (Wildman–Crippen MR) is 111 cm³/mol. The Hall–Kier alpha value is -3.36. The molecule has 0 aliphatic heterocycles. The number of esters is 3. The second-order valence-corrected chi connectivity index (χ2v) is 6.98. The lowest BCUT2D eigenvalue weighted by Crippen LogP contribution is -2.10. The van der Waals surface area contributed by atoms with Crippen LogP contribution in [0.2, 0.25) is 0 Å². The van der Waals surface area contributed by atoms with E-state index in [9.17, 15) is 19.2 Å². The Morgan fingerprint density at radius 3 is 2.06 bits per heavy atom. The third-order valence-corrected chi connectivity index (χ3v) is 5.27. The summed E-state index contributed by atoms with van der Waals surface area (Å²) < 4.78 is 14.3. The standard InChI is InChI=1S/C22H28N2O7/c1-5-13-11-23-17(15(13)8-21(27)30-3)10-18-14(6-7-20(26)29-2)16(9-22(28)31-4)19(12-25)24-18/h11-12,23-24H,5-10H2,1-4H3. The number of ether oxygens (including phenoxy) is 3. The number of hydrogen-bond donors (Lipinski definition) is 2. The van der Waals surface area contributed by atoms with Crippen LogP contribution in [0, 0.1) is 0 Å². The third kappa shape index (κ3) is 5.84. The van der Waals surface area contributed by atoms with Gasteiger partial charge in [-0.1, -0.05) is 6.92 Å². The molecule has 0 aliphatic rings. The Balaban J connectivity index is 2.48. The molecule has 0 aliphatic carbocycles. The molecule has 9 nitrogen and oxygen atoms in total. The van der Waals surface area contributed by atoms with Gasteiger partial charge in [-0.3, -0.25) is 19.2 Å². The SMILES string of the molecule is CCc1c[nH]c(Cc2[nH]c(C=O)c(CC(=O)OC)c2CCC(=O)OC)c1CC(=O)OC. The first kappa shape index (κ1) is 23.9. The minimum absolute atomic E-state index is 0.0910. The predicted octanol–water partition coefficient (Wildman–Crippen LogP) is 1.85. The van der Waals surface area contributed by atoms with Crippen LogP contribution < -0.4 is 0 Å². The van der Waals surface area contributed by atoms with E-state index in [-0.39, 0.29) is 37.3 Å². The molecule has 2 aromatic heterocycles. The summed E-state index contributed by atoms with van der Waals surface area (Å²) in [6, 6.07) is 0. The summed E-state index contributed by atoms with van der Waals surface area (Å²) in [5.41, 5.74) is 4.76. The number of hydrogen-bond acceptors (Lipinski definition) is 7. The van der Waals surface area contributed by atoms with Crippen LogP contribution in [0.3, 0.4) is 0 Å². The minimum atomic E-state index is -0.493. The van der Waals surface area contributed by atoms with Crippen LogP contribution in [0.1, 0.15) is 57.5 Å². The van der Waals surface area contributed by atoms with Crippen LogP contribution in [0.4, 0.5) is 0 Å². The lowest BCUT2D eigenvalue weighted by Gasteiger charge is -2.09. The fourth-order valence-electron chi connectivity index (χ4n) is 3.59. The van der Waals surface area contributed by atoms with E-state index in [1.54, 1.807) is 0 Å². The second kappa shape index (κ2) is 11.1. The average molecular weight is 432 g/mol. The molecule has 0 saturated heterocycles. The molecule has 0 saturated carbocycles. The molecule has 0 atom stereocenters. The van der Waals surface area contributed by atoms with Gasteiger partial charge in [-0.2, -0.15) is 0 Å². The number of methoxy groups -OCH3 is 3. The molecular formula is C22H28N2O7. The molecule has 2 aromatic rings. The summed E-state index contributed by atoms with van der Waals surface area (Å²) in [7, 11) is 3.91. The number of aldehydes is 1. The molecule has 0 unspecified atom stereocenters. The summed E-state index contributed by atoms with van der Waals surface area (Å²) in [4.78, 5) is 53.5. The molecule has 0 amide bonds. The number of aromatic nitrogens is 2. The normalized spacial score (nSPS) is 10.6. The van der Waals surface area contributed by atoms with Crippen LogP contribution >= 0.6 is 0 Å². The van der Waals surface area contributed by atoms with E-state index < -0.39 is 11.9 Å². The van der Waals surface area contributed by atoms with Gasteiger partial charge in [0.1, 0.15) is 0 Å². The van der Waals surface area contributed by atoms with Gasteiger partial charge in [0.15, 0.2) is 6.29 Å². The molecule has 0 aromatic carbocycles. The van der Waals surface area contributed by atoms with Crippen LogP contribution in [-0.4, -0.2) is 55.5 Å². The van der Waals surface area contributed by atoms with E-state index in [1.165, 1.54) is 21.3 Å². The van der Waals surface area contributed by atoms with E-state index in [2.05, 4.69) is 9.97 Å². The van der Waals surface area contributed by atoms with Gasteiger partial charge in [-0.05, 0) is 35.1 Å². The maximum atomic E-state index is 11.9. The van der Waals surface area contributed by atoms with Crippen molar-refractivity contribution in [2.24, 2.45) is 0 Å². The third-order valence-electron chi connectivity index (χ3n) is 5.27. The Morgan fingerprint density at radius 1 is 0.903 bits per heavy atom. The molecule has 0 bridgehead atoms. The largest absolute Gasteiger partial charge is 0.469 e. The lowest BCUT2D eigenvalue weighted by atomic mass is 9.97. The molecule has 2 N–H and O–H groups in total. The van der Waals surface area contributed by atoms with Crippen molar-refractivity contribution in [2.75, 3.05) is 21.3 Å². The second-order valence-electron chi connectivity index (χ2n) is 6.98. The lowest BCUT2D eigenvalue weighted by molar-refractivity contribution is -0.141. The molecular weight excluding hydrogens is 404 g/mol. The van der Waals surface area contributed by atoms with Gasteiger partial charge in [0.05, 0.1) is 39.9 Å². The zero-order valence-corrected chi connectivity index (χ0v) is 18.3. The summed E-state index contributed by atoms with van der Waals surface area (Å²) in [6.07, 6.45) is 3.97. The van der Waals surface area contributed by atoms with E-state index in [1.807, 2.05) is 13.1 Å². The average Bonchev–Trinajstić information content (AvgIpc) is 3.31. The Bertz CT molecular complexity index is 955. The van der Waals surface area contributed by atoms with Gasteiger partial charge in [-0.25, -0.2) is 0 Å². The molecule has 0 spiro atoms. The number of aromatic amines is 2. The molecule has 0 radical (unpaired) electrons. The minimum Gasteiger partial charge on any atom is -0.469 e. The first-order chi connectivity index (χ1) is 14.9. The number of H-pyrrole nitrogens is 2. The Kier molecular flexibility index (Phi) is 8.60. The van der Waals surface area contributed by atoms with Crippen molar-refractivity contribution in [2.45, 2.75) is 45.4 Å². The highest BCUT2D eigenvalue weighted by molar-refractivity contribution is 5.82. The summed E-state index contributed by atoms with van der Waals surface area (Å²) in [5, 5.41) is 0. The van der Waals surface area contributed by atoms with Crippen molar-refractivity contribution in [3.05, 3.63) is 45.5 Å². The fraction of sp³-hybridized carbons (Fsp3) is 0.455. The van der Waals surface area contributed by atoms with Crippen LogP contribution in [0.15, 0.2) is 6.20 Å². The van der Waals surface area contributed by atoms with E-state index in [4.69, 9.17) is 14.2 Å². The maximum absolute atomic E-state index is 11.9. The highest BCUT2D eigenvalue weighted by Crippen LogP contribution is 2.26. The smallest absolute Gasteiger partial charge is 0.310 e. The zero-order valence-electron chi connectivity index (χ0n) is 18.3. The van der Waals surface area contributed by atoms with Gasteiger partial charge in [0, 0.05) is 30.4 Å². The first-order valence-electron chi connectivity index (χ1n) is 9.94. The highest BCUT2D eigenvalue weighted by Gasteiger charge is 2.23. The van der Waals surface area contributed by atoms with Crippen molar-refractivity contribution in [1.29, 1.82) is 0 Å². The van der Waals surface area contributed by atoms with E-state index >= 15 is 0 Å². The van der Waals surface area contributed by atoms with Crippen molar-refractivity contribution in [3.63, 3.8) is 0 Å². The number of carbonyl (C=O) groups is 4. The molecule has 2 heterocycles. The molecule has 0 fully saturated rings. The van der Waals surface area contributed by atoms with Gasteiger partial charge < -0.3 is 24.2 Å². The molecule has 31 heavy (non-hydrogen) atoms. The van der Waals surface area contributed by atoms with Gasteiger partial charge in [0.25, 0.3) is 0 Å². The van der Waals surface area contributed by atoms with Crippen molar-refractivity contribution < 1.29 is 33.4 Å². The zero-order chi connectivity index (χ0) is 23.0. The van der Waals surface area contributed by atoms with Gasteiger partial charge in [0.2, 0.25) is 0 Å². The van der Waals surface area contributed by atoms with Gasteiger partial charge >= 0.3 is 17.9 Å². The number of nitrogens with one attached hydrogen (secondary N) is 2. The maximum Gasteiger partial charge on any atom is 0.310 e.